The number of rotatable bonds is 10. The molecule has 0 saturated carbocycles. The van der Waals surface area contributed by atoms with Crippen molar-refractivity contribution in [2.75, 3.05) is 6.54 Å². The number of hydrogen-bond donors (Lipinski definition) is 1. The third-order valence-corrected chi connectivity index (χ3v) is 4.48. The van der Waals surface area contributed by atoms with Crippen molar-refractivity contribution in [1.29, 1.82) is 0 Å². The first-order valence-corrected chi connectivity index (χ1v) is 9.80. The van der Waals surface area contributed by atoms with Crippen molar-refractivity contribution >= 4 is 11.8 Å². The lowest BCUT2D eigenvalue weighted by Crippen LogP contribution is -2.50. The molecule has 0 heterocycles. The van der Waals surface area contributed by atoms with E-state index in [1.54, 1.807) is 4.90 Å². The van der Waals surface area contributed by atoms with Crippen LogP contribution in [0.25, 0.3) is 0 Å². The minimum Gasteiger partial charge on any atom is -0.354 e. The van der Waals surface area contributed by atoms with Gasteiger partial charge in [0, 0.05) is 25.9 Å². The van der Waals surface area contributed by atoms with Crippen LogP contribution in [0.4, 0.5) is 0 Å². The summed E-state index contributed by atoms with van der Waals surface area (Å²) in [4.78, 5) is 27.6. The highest BCUT2D eigenvalue weighted by molar-refractivity contribution is 5.88. The van der Waals surface area contributed by atoms with Crippen LogP contribution in [0.5, 0.6) is 0 Å². The van der Waals surface area contributed by atoms with Gasteiger partial charge in [0.2, 0.25) is 11.8 Å². The van der Waals surface area contributed by atoms with Gasteiger partial charge < -0.3 is 10.2 Å². The molecule has 2 rings (SSSR count). The standard InChI is InChI=1S/C23H30N2O2/c1-3-11-22(26)25(18-20-14-9-6-10-15-20)21(23(27)24-16-4-2)17-19-12-7-5-8-13-19/h5-10,12-15,21H,3-4,11,16-18H2,1-2H3,(H,24,27)/t21-/m1/s1. The van der Waals surface area contributed by atoms with Crippen LogP contribution >= 0.6 is 0 Å². The Labute approximate surface area is 162 Å². The van der Waals surface area contributed by atoms with E-state index in [-0.39, 0.29) is 11.8 Å². The number of hydrogen-bond acceptors (Lipinski definition) is 2. The fourth-order valence-electron chi connectivity index (χ4n) is 3.06. The summed E-state index contributed by atoms with van der Waals surface area (Å²) in [6.45, 7) is 5.07. The summed E-state index contributed by atoms with van der Waals surface area (Å²) in [5, 5.41) is 2.98. The minimum absolute atomic E-state index is 0.0222. The van der Waals surface area contributed by atoms with E-state index in [1.165, 1.54) is 0 Å². The molecule has 2 amide bonds. The van der Waals surface area contributed by atoms with Crippen LogP contribution in [0, 0.1) is 0 Å². The summed E-state index contributed by atoms with van der Waals surface area (Å²) in [6.07, 6.45) is 2.59. The van der Waals surface area contributed by atoms with Crippen molar-refractivity contribution in [3.8, 4) is 0 Å². The Balaban J connectivity index is 2.31. The molecular formula is C23H30N2O2. The second-order valence-electron chi connectivity index (χ2n) is 6.75. The Bertz CT molecular complexity index is 701. The van der Waals surface area contributed by atoms with Crippen LogP contribution in [0.15, 0.2) is 60.7 Å². The molecule has 1 N–H and O–H groups in total. The van der Waals surface area contributed by atoms with E-state index in [9.17, 15) is 9.59 Å². The summed E-state index contributed by atoms with van der Waals surface area (Å²) in [5.41, 5.74) is 2.08. The van der Waals surface area contributed by atoms with Gasteiger partial charge in [0.25, 0.3) is 0 Å². The summed E-state index contributed by atoms with van der Waals surface area (Å²) in [6, 6.07) is 19.2. The molecule has 1 atom stereocenters. The van der Waals surface area contributed by atoms with Gasteiger partial charge in [0.1, 0.15) is 6.04 Å². The summed E-state index contributed by atoms with van der Waals surface area (Å²) in [7, 11) is 0. The Morgan fingerprint density at radius 3 is 2.04 bits per heavy atom. The normalized spacial score (nSPS) is 11.6. The third-order valence-electron chi connectivity index (χ3n) is 4.48. The fourth-order valence-corrected chi connectivity index (χ4v) is 3.06. The molecule has 0 bridgehead atoms. The van der Waals surface area contributed by atoms with Crippen LogP contribution in [0.2, 0.25) is 0 Å². The van der Waals surface area contributed by atoms with Crippen molar-refractivity contribution in [2.24, 2.45) is 0 Å². The maximum absolute atomic E-state index is 12.9. The fraction of sp³-hybridized carbons (Fsp3) is 0.391. The Kier molecular flexibility index (Phi) is 8.56. The first kappa shape index (κ1) is 20.7. The molecule has 0 unspecified atom stereocenters. The van der Waals surface area contributed by atoms with E-state index >= 15 is 0 Å². The van der Waals surface area contributed by atoms with E-state index in [4.69, 9.17) is 0 Å². The monoisotopic (exact) mass is 366 g/mol. The van der Waals surface area contributed by atoms with Gasteiger partial charge in [-0.25, -0.2) is 0 Å². The average molecular weight is 367 g/mol. The second-order valence-corrected chi connectivity index (χ2v) is 6.75. The van der Waals surface area contributed by atoms with Gasteiger partial charge in [0.05, 0.1) is 0 Å². The molecule has 2 aromatic rings. The summed E-state index contributed by atoms with van der Waals surface area (Å²) in [5.74, 6) is -0.0602. The zero-order valence-corrected chi connectivity index (χ0v) is 16.4. The maximum Gasteiger partial charge on any atom is 0.243 e. The first-order chi connectivity index (χ1) is 13.2. The van der Waals surface area contributed by atoms with E-state index in [2.05, 4.69) is 5.32 Å². The van der Waals surface area contributed by atoms with Crippen molar-refractivity contribution in [1.82, 2.24) is 10.2 Å². The van der Waals surface area contributed by atoms with Crippen molar-refractivity contribution in [3.05, 3.63) is 71.8 Å². The van der Waals surface area contributed by atoms with Gasteiger partial charge >= 0.3 is 0 Å². The molecule has 0 saturated heterocycles. The van der Waals surface area contributed by atoms with E-state index < -0.39 is 6.04 Å². The van der Waals surface area contributed by atoms with Gasteiger partial charge in [0.15, 0.2) is 0 Å². The Morgan fingerprint density at radius 1 is 0.889 bits per heavy atom. The Hall–Kier alpha value is -2.62. The molecule has 2 aromatic carbocycles. The number of benzene rings is 2. The molecule has 0 aliphatic carbocycles. The van der Waals surface area contributed by atoms with Crippen LogP contribution in [-0.4, -0.2) is 29.3 Å². The van der Waals surface area contributed by atoms with E-state index in [0.29, 0.717) is 25.9 Å². The quantitative estimate of drug-likeness (QED) is 0.692. The smallest absolute Gasteiger partial charge is 0.243 e. The highest BCUT2D eigenvalue weighted by Crippen LogP contribution is 2.16. The number of nitrogens with zero attached hydrogens (tertiary/aromatic N) is 1. The van der Waals surface area contributed by atoms with Gasteiger partial charge in [-0.05, 0) is 24.0 Å². The van der Waals surface area contributed by atoms with Crippen molar-refractivity contribution < 1.29 is 9.59 Å². The minimum atomic E-state index is -0.516. The molecule has 4 nitrogen and oxygen atoms in total. The molecule has 0 aliphatic rings. The topological polar surface area (TPSA) is 49.4 Å². The number of carbonyl (C=O) groups is 2. The molecular weight excluding hydrogens is 336 g/mol. The molecule has 27 heavy (non-hydrogen) atoms. The highest BCUT2D eigenvalue weighted by Gasteiger charge is 2.29. The van der Waals surface area contributed by atoms with Crippen molar-refractivity contribution in [3.63, 3.8) is 0 Å². The van der Waals surface area contributed by atoms with Crippen LogP contribution in [0.1, 0.15) is 44.2 Å². The molecule has 0 aliphatic heterocycles. The zero-order chi connectivity index (χ0) is 19.5. The van der Waals surface area contributed by atoms with Gasteiger partial charge in [-0.1, -0.05) is 74.5 Å². The van der Waals surface area contributed by atoms with Crippen LogP contribution in [0.3, 0.4) is 0 Å². The first-order valence-electron chi connectivity index (χ1n) is 9.80. The average Bonchev–Trinajstić information content (AvgIpc) is 2.70. The molecule has 0 fully saturated rings. The summed E-state index contributed by atoms with van der Waals surface area (Å²) >= 11 is 0. The van der Waals surface area contributed by atoms with E-state index in [0.717, 1.165) is 24.0 Å². The predicted octanol–water partition coefficient (Wildman–Crippen LogP) is 3.95. The summed E-state index contributed by atoms with van der Waals surface area (Å²) < 4.78 is 0. The lowest BCUT2D eigenvalue weighted by atomic mass is 10.0. The zero-order valence-electron chi connectivity index (χ0n) is 16.4. The lowest BCUT2D eigenvalue weighted by Gasteiger charge is -2.31. The number of amides is 2. The van der Waals surface area contributed by atoms with Gasteiger partial charge in [-0.2, -0.15) is 0 Å². The maximum atomic E-state index is 12.9. The molecule has 4 heteroatoms. The number of carbonyl (C=O) groups excluding carboxylic acids is 2. The molecule has 0 aromatic heterocycles. The Morgan fingerprint density at radius 2 is 1.48 bits per heavy atom. The van der Waals surface area contributed by atoms with Crippen molar-refractivity contribution in [2.45, 2.75) is 52.1 Å². The van der Waals surface area contributed by atoms with Gasteiger partial charge in [-0.15, -0.1) is 0 Å². The molecule has 0 radical (unpaired) electrons. The largest absolute Gasteiger partial charge is 0.354 e. The SMILES string of the molecule is CCCNC(=O)[C@@H](Cc1ccccc1)N(Cc1ccccc1)C(=O)CCC. The molecule has 144 valence electrons. The van der Waals surface area contributed by atoms with Crippen LogP contribution < -0.4 is 5.32 Å². The lowest BCUT2D eigenvalue weighted by molar-refractivity contribution is -0.141. The number of nitrogens with one attached hydrogen (secondary N) is 1. The van der Waals surface area contributed by atoms with Gasteiger partial charge in [-0.3, -0.25) is 9.59 Å². The van der Waals surface area contributed by atoms with Crippen LogP contribution in [-0.2, 0) is 22.6 Å². The highest BCUT2D eigenvalue weighted by atomic mass is 16.2. The third kappa shape index (κ3) is 6.55. The van der Waals surface area contributed by atoms with E-state index in [1.807, 2.05) is 74.5 Å². The second kappa shape index (κ2) is 11.2. The molecule has 0 spiro atoms. The predicted molar refractivity (Wildman–Crippen MR) is 109 cm³/mol.